The maximum atomic E-state index is 5.00. The van der Waals surface area contributed by atoms with Crippen LogP contribution in [0.4, 0.5) is 0 Å². The molecule has 3 nitrogen and oxygen atoms in total. The van der Waals surface area contributed by atoms with Gasteiger partial charge in [0.15, 0.2) is 0 Å². The van der Waals surface area contributed by atoms with Gasteiger partial charge in [-0.15, -0.1) is 0 Å². The standard InChI is InChI=1S/C10H10N2O/c1-7-5-11-8(2)12-10(7)9-3-4-13-6-9/h3-6H,1-2H3. The Kier molecular flexibility index (Phi) is 1.85. The fourth-order valence-corrected chi connectivity index (χ4v) is 1.22. The van der Waals surface area contributed by atoms with E-state index in [9.17, 15) is 0 Å². The molecule has 13 heavy (non-hydrogen) atoms. The maximum Gasteiger partial charge on any atom is 0.125 e. The highest BCUT2D eigenvalue weighted by Gasteiger charge is 2.04. The molecule has 2 aromatic heterocycles. The minimum atomic E-state index is 0.779. The lowest BCUT2D eigenvalue weighted by molar-refractivity contribution is 0.568. The summed E-state index contributed by atoms with van der Waals surface area (Å²) in [4.78, 5) is 8.45. The van der Waals surface area contributed by atoms with E-state index in [1.165, 1.54) is 0 Å². The van der Waals surface area contributed by atoms with E-state index in [-0.39, 0.29) is 0 Å². The molecule has 0 aliphatic rings. The van der Waals surface area contributed by atoms with Crippen LogP contribution < -0.4 is 0 Å². The van der Waals surface area contributed by atoms with Crippen molar-refractivity contribution in [1.29, 1.82) is 0 Å². The van der Waals surface area contributed by atoms with Crippen molar-refractivity contribution in [3.8, 4) is 11.3 Å². The van der Waals surface area contributed by atoms with Gasteiger partial charge in [-0.25, -0.2) is 9.97 Å². The van der Waals surface area contributed by atoms with Gasteiger partial charge in [-0.05, 0) is 25.5 Å². The second-order valence-electron chi connectivity index (χ2n) is 2.96. The molecule has 0 amide bonds. The summed E-state index contributed by atoms with van der Waals surface area (Å²) in [6.07, 6.45) is 5.16. The smallest absolute Gasteiger partial charge is 0.125 e. The van der Waals surface area contributed by atoms with Crippen molar-refractivity contribution in [1.82, 2.24) is 9.97 Å². The molecule has 0 saturated carbocycles. The van der Waals surface area contributed by atoms with Crippen LogP contribution in [-0.2, 0) is 0 Å². The van der Waals surface area contributed by atoms with E-state index in [0.29, 0.717) is 0 Å². The van der Waals surface area contributed by atoms with Gasteiger partial charge in [0.25, 0.3) is 0 Å². The van der Waals surface area contributed by atoms with Crippen molar-refractivity contribution >= 4 is 0 Å². The van der Waals surface area contributed by atoms with E-state index >= 15 is 0 Å². The zero-order valence-corrected chi connectivity index (χ0v) is 7.61. The third-order valence-electron chi connectivity index (χ3n) is 1.89. The van der Waals surface area contributed by atoms with Crippen molar-refractivity contribution in [2.24, 2.45) is 0 Å². The quantitative estimate of drug-likeness (QED) is 0.666. The predicted molar refractivity (Wildman–Crippen MR) is 49.2 cm³/mol. The van der Waals surface area contributed by atoms with Crippen molar-refractivity contribution in [3.63, 3.8) is 0 Å². The molecule has 0 spiro atoms. The Morgan fingerprint density at radius 1 is 1.31 bits per heavy atom. The predicted octanol–water partition coefficient (Wildman–Crippen LogP) is 2.35. The van der Waals surface area contributed by atoms with Gasteiger partial charge in [0, 0.05) is 11.8 Å². The molecule has 0 unspecified atom stereocenters. The van der Waals surface area contributed by atoms with Crippen molar-refractivity contribution in [2.75, 3.05) is 0 Å². The second-order valence-corrected chi connectivity index (χ2v) is 2.96. The Morgan fingerprint density at radius 2 is 2.15 bits per heavy atom. The highest BCUT2D eigenvalue weighted by molar-refractivity contribution is 5.60. The Labute approximate surface area is 76.5 Å². The molecule has 0 bridgehead atoms. The summed E-state index contributed by atoms with van der Waals surface area (Å²) >= 11 is 0. The van der Waals surface area contributed by atoms with Gasteiger partial charge < -0.3 is 4.42 Å². The minimum Gasteiger partial charge on any atom is -0.472 e. The van der Waals surface area contributed by atoms with E-state index in [4.69, 9.17) is 4.42 Å². The summed E-state index contributed by atoms with van der Waals surface area (Å²) in [6, 6.07) is 1.90. The monoisotopic (exact) mass is 174 g/mol. The summed E-state index contributed by atoms with van der Waals surface area (Å²) in [6.45, 7) is 3.87. The van der Waals surface area contributed by atoms with Gasteiger partial charge in [-0.1, -0.05) is 0 Å². The Balaban J connectivity index is 2.57. The average Bonchev–Trinajstić information content (AvgIpc) is 2.61. The number of nitrogens with zero attached hydrogens (tertiary/aromatic N) is 2. The molecule has 0 aliphatic carbocycles. The Morgan fingerprint density at radius 3 is 2.85 bits per heavy atom. The van der Waals surface area contributed by atoms with E-state index in [1.807, 2.05) is 26.1 Å². The lowest BCUT2D eigenvalue weighted by Crippen LogP contribution is -1.92. The van der Waals surface area contributed by atoms with Gasteiger partial charge in [0.05, 0.1) is 18.2 Å². The molecule has 0 fully saturated rings. The SMILES string of the molecule is Cc1ncc(C)c(-c2ccoc2)n1. The number of hydrogen-bond acceptors (Lipinski definition) is 3. The summed E-state index contributed by atoms with van der Waals surface area (Å²) in [5.74, 6) is 0.779. The molecule has 66 valence electrons. The van der Waals surface area contributed by atoms with Crippen LogP contribution in [0.25, 0.3) is 11.3 Å². The lowest BCUT2D eigenvalue weighted by atomic mass is 10.1. The number of furan rings is 1. The van der Waals surface area contributed by atoms with Crippen molar-refractivity contribution < 1.29 is 4.42 Å². The fraction of sp³-hybridized carbons (Fsp3) is 0.200. The van der Waals surface area contributed by atoms with E-state index in [2.05, 4.69) is 9.97 Å². The zero-order valence-electron chi connectivity index (χ0n) is 7.61. The summed E-state index contributed by atoms with van der Waals surface area (Å²) in [5.41, 5.74) is 3.01. The van der Waals surface area contributed by atoms with E-state index in [1.54, 1.807) is 12.5 Å². The van der Waals surface area contributed by atoms with Crippen molar-refractivity contribution in [3.05, 3.63) is 36.2 Å². The third kappa shape index (κ3) is 1.45. The van der Waals surface area contributed by atoms with Crippen LogP contribution in [-0.4, -0.2) is 9.97 Å². The highest BCUT2D eigenvalue weighted by atomic mass is 16.3. The van der Waals surface area contributed by atoms with Gasteiger partial charge in [0.2, 0.25) is 0 Å². The number of aromatic nitrogens is 2. The zero-order chi connectivity index (χ0) is 9.26. The summed E-state index contributed by atoms with van der Waals surface area (Å²) < 4.78 is 5.00. The minimum absolute atomic E-state index is 0.779. The van der Waals surface area contributed by atoms with E-state index < -0.39 is 0 Å². The largest absolute Gasteiger partial charge is 0.472 e. The van der Waals surface area contributed by atoms with Gasteiger partial charge in [-0.3, -0.25) is 0 Å². The van der Waals surface area contributed by atoms with Crippen LogP contribution >= 0.6 is 0 Å². The number of aryl methyl sites for hydroxylation is 2. The Bertz CT molecular complexity index is 407. The molecule has 2 rings (SSSR count). The molecular formula is C10H10N2O. The molecule has 2 heterocycles. The highest BCUT2D eigenvalue weighted by Crippen LogP contribution is 2.20. The number of hydrogen-bond donors (Lipinski definition) is 0. The first-order valence-electron chi connectivity index (χ1n) is 4.10. The molecule has 2 aromatic rings. The molecule has 0 aromatic carbocycles. The Hall–Kier alpha value is -1.64. The number of rotatable bonds is 1. The van der Waals surface area contributed by atoms with Gasteiger partial charge in [0.1, 0.15) is 5.82 Å². The topological polar surface area (TPSA) is 38.9 Å². The molecule has 0 N–H and O–H groups in total. The molecule has 3 heteroatoms. The van der Waals surface area contributed by atoms with Crippen LogP contribution in [0.2, 0.25) is 0 Å². The molecular weight excluding hydrogens is 164 g/mol. The first kappa shape index (κ1) is 7.98. The van der Waals surface area contributed by atoms with Crippen LogP contribution in [0.15, 0.2) is 29.2 Å². The van der Waals surface area contributed by atoms with E-state index in [0.717, 1.165) is 22.6 Å². The van der Waals surface area contributed by atoms with Crippen LogP contribution in [0.3, 0.4) is 0 Å². The van der Waals surface area contributed by atoms with Crippen LogP contribution in [0, 0.1) is 13.8 Å². The summed E-state index contributed by atoms with van der Waals surface area (Å²) in [5, 5.41) is 0. The average molecular weight is 174 g/mol. The second kappa shape index (κ2) is 3.01. The third-order valence-corrected chi connectivity index (χ3v) is 1.89. The van der Waals surface area contributed by atoms with Crippen LogP contribution in [0.5, 0.6) is 0 Å². The van der Waals surface area contributed by atoms with Crippen LogP contribution in [0.1, 0.15) is 11.4 Å². The molecule has 0 radical (unpaired) electrons. The fourth-order valence-electron chi connectivity index (χ4n) is 1.22. The first-order valence-corrected chi connectivity index (χ1v) is 4.10. The molecule has 0 saturated heterocycles. The molecule has 0 atom stereocenters. The first-order chi connectivity index (χ1) is 6.27. The van der Waals surface area contributed by atoms with Gasteiger partial charge >= 0.3 is 0 Å². The maximum absolute atomic E-state index is 5.00. The van der Waals surface area contributed by atoms with Crippen molar-refractivity contribution in [2.45, 2.75) is 13.8 Å². The lowest BCUT2D eigenvalue weighted by Gasteiger charge is -2.01. The van der Waals surface area contributed by atoms with Gasteiger partial charge in [-0.2, -0.15) is 0 Å². The normalized spacial score (nSPS) is 10.3. The molecule has 0 aliphatic heterocycles. The summed E-state index contributed by atoms with van der Waals surface area (Å²) in [7, 11) is 0.